The summed E-state index contributed by atoms with van der Waals surface area (Å²) in [6.45, 7) is 9.47. The molecule has 2 aromatic heterocycles. The summed E-state index contributed by atoms with van der Waals surface area (Å²) in [6.07, 6.45) is 22.5. The van der Waals surface area contributed by atoms with Crippen LogP contribution in [0.2, 0.25) is 0 Å². The van der Waals surface area contributed by atoms with Crippen molar-refractivity contribution in [3.05, 3.63) is 117 Å². The number of hydrogen-bond acceptors (Lipinski definition) is 2. The molecular weight excluding hydrogens is 631 g/mol. The zero-order chi connectivity index (χ0) is 35.5. The second-order valence-electron chi connectivity index (χ2n) is 16.4. The van der Waals surface area contributed by atoms with Crippen molar-refractivity contribution in [2.75, 3.05) is 0 Å². The first kappa shape index (κ1) is 31.4. The van der Waals surface area contributed by atoms with Crippen molar-refractivity contribution in [2.45, 2.75) is 96.3 Å². The molecule has 4 aliphatic carbocycles. The molecule has 2 unspecified atom stereocenters. The standard InChI is InChI=1S/C49H43N3/c1-28-14-7-6-10-18-37-43(28)32(27-51)25-41-45(37)38-22-30(34-19-13-20-36-35-17-11-12-21-40(35)49(3,4)47(34)36)23-39-46-42(52(41)48(38)39)24-31(26-50)33-16-9-5-8-15-29(2)44(33)46/h9-10,12-13,16,18-25,28-29H,5-8,11,14-15,17H2,1-4H3/b16-9+,18-10+. The molecule has 2 heterocycles. The summed E-state index contributed by atoms with van der Waals surface area (Å²) in [5.41, 5.74) is 17.9. The molecule has 0 bridgehead atoms. The Hall–Kier alpha value is -5.38. The zero-order valence-electron chi connectivity index (χ0n) is 30.7. The van der Waals surface area contributed by atoms with E-state index in [1.54, 1.807) is 0 Å². The first-order valence-corrected chi connectivity index (χ1v) is 19.4. The van der Waals surface area contributed by atoms with Crippen molar-refractivity contribution in [3.63, 3.8) is 0 Å². The maximum atomic E-state index is 10.7. The lowest BCUT2D eigenvalue weighted by Crippen LogP contribution is -2.17. The third kappa shape index (κ3) is 4.12. The lowest BCUT2D eigenvalue weighted by molar-refractivity contribution is 0.636. The average Bonchev–Trinajstić information content (AvgIpc) is 3.73. The highest BCUT2D eigenvalue weighted by molar-refractivity contribution is 6.27. The summed E-state index contributed by atoms with van der Waals surface area (Å²) in [6, 6.07) is 21.4. The maximum Gasteiger partial charge on any atom is 0.0998 e. The van der Waals surface area contributed by atoms with Gasteiger partial charge in [-0.25, -0.2) is 0 Å². The van der Waals surface area contributed by atoms with Crippen molar-refractivity contribution < 1.29 is 0 Å². The lowest BCUT2D eigenvalue weighted by Gasteiger charge is -2.26. The number of aromatic nitrogens is 1. The van der Waals surface area contributed by atoms with E-state index in [2.05, 4.69) is 123 Å². The van der Waals surface area contributed by atoms with Crippen LogP contribution in [0.1, 0.15) is 135 Å². The molecule has 0 N–H and O–H groups in total. The number of nitriles is 2. The topological polar surface area (TPSA) is 52.0 Å². The van der Waals surface area contributed by atoms with Crippen LogP contribution in [-0.4, -0.2) is 4.40 Å². The molecule has 6 aromatic rings. The fourth-order valence-electron chi connectivity index (χ4n) is 10.8. The molecule has 0 saturated heterocycles. The van der Waals surface area contributed by atoms with Crippen LogP contribution in [0.4, 0.5) is 0 Å². The molecule has 254 valence electrons. The summed E-state index contributed by atoms with van der Waals surface area (Å²) in [5.74, 6) is 0.592. The Morgan fingerprint density at radius 1 is 0.712 bits per heavy atom. The molecule has 0 amide bonds. The molecule has 2 atom stereocenters. The minimum atomic E-state index is -0.106. The van der Waals surface area contributed by atoms with E-state index in [9.17, 15) is 10.5 Å². The third-order valence-electron chi connectivity index (χ3n) is 13.1. The molecule has 0 saturated carbocycles. The van der Waals surface area contributed by atoms with Gasteiger partial charge in [-0.2, -0.15) is 10.5 Å². The van der Waals surface area contributed by atoms with Gasteiger partial charge in [-0.1, -0.05) is 82.4 Å². The van der Waals surface area contributed by atoms with Crippen LogP contribution >= 0.6 is 0 Å². The Bertz CT molecular complexity index is 2760. The Morgan fingerprint density at radius 3 is 2.10 bits per heavy atom. The quantitative estimate of drug-likeness (QED) is 0.174. The van der Waals surface area contributed by atoms with Crippen molar-refractivity contribution in [1.82, 2.24) is 4.40 Å². The Kier molecular flexibility index (Phi) is 6.82. The SMILES string of the molecule is CC1CCC/C=C/c2c1c(C#N)cc1c2c2cc(-c3cccc4c3C(C)(C)C3=C4CCC=C3)cc3c4c5c(c(C#N)cc4n1c23)/C=C/CCCC5C. The Labute approximate surface area is 306 Å². The van der Waals surface area contributed by atoms with E-state index < -0.39 is 0 Å². The molecule has 4 aliphatic rings. The van der Waals surface area contributed by atoms with Gasteiger partial charge in [0, 0.05) is 27.0 Å². The normalized spacial score (nSPS) is 21.9. The van der Waals surface area contributed by atoms with Gasteiger partial charge in [0.25, 0.3) is 0 Å². The van der Waals surface area contributed by atoms with Crippen molar-refractivity contribution in [3.8, 4) is 23.3 Å². The van der Waals surface area contributed by atoms with Crippen molar-refractivity contribution in [1.29, 1.82) is 10.5 Å². The van der Waals surface area contributed by atoms with Crippen LogP contribution < -0.4 is 0 Å². The second kappa shape index (κ2) is 11.3. The summed E-state index contributed by atoms with van der Waals surface area (Å²) in [4.78, 5) is 0. The van der Waals surface area contributed by atoms with Gasteiger partial charge in [0.15, 0.2) is 0 Å². The number of allylic oxidation sites excluding steroid dienone is 6. The minimum Gasteiger partial charge on any atom is -0.308 e. The molecule has 3 heteroatoms. The average molecular weight is 674 g/mol. The van der Waals surface area contributed by atoms with Crippen LogP contribution in [-0.2, 0) is 5.41 Å². The summed E-state index contributed by atoms with van der Waals surface area (Å²) < 4.78 is 2.41. The third-order valence-corrected chi connectivity index (χ3v) is 13.1. The number of rotatable bonds is 1. The smallest absolute Gasteiger partial charge is 0.0998 e. The molecule has 52 heavy (non-hydrogen) atoms. The van der Waals surface area contributed by atoms with Gasteiger partial charge in [-0.3, -0.25) is 0 Å². The van der Waals surface area contributed by atoms with Gasteiger partial charge in [0.1, 0.15) is 0 Å². The molecule has 0 fully saturated rings. The van der Waals surface area contributed by atoms with E-state index in [0.717, 1.165) is 79.1 Å². The van der Waals surface area contributed by atoms with Crippen LogP contribution in [0.3, 0.4) is 0 Å². The number of hydrogen-bond donors (Lipinski definition) is 0. The molecular formula is C49H43N3. The fourth-order valence-corrected chi connectivity index (χ4v) is 10.8. The highest BCUT2D eigenvalue weighted by Gasteiger charge is 2.39. The molecule has 0 radical (unpaired) electrons. The second-order valence-corrected chi connectivity index (χ2v) is 16.4. The summed E-state index contributed by atoms with van der Waals surface area (Å²) in [5, 5.41) is 26.3. The maximum absolute atomic E-state index is 10.7. The highest BCUT2D eigenvalue weighted by Crippen LogP contribution is 2.55. The Balaban J connectivity index is 1.42. The Morgan fingerprint density at radius 2 is 1.35 bits per heavy atom. The molecule has 0 aliphatic heterocycles. The largest absolute Gasteiger partial charge is 0.308 e. The number of nitrogens with zero attached hydrogens (tertiary/aromatic N) is 3. The highest BCUT2D eigenvalue weighted by atomic mass is 14.9. The fraction of sp³-hybridized carbons (Fsp3) is 0.306. The van der Waals surface area contributed by atoms with Crippen LogP contribution in [0.5, 0.6) is 0 Å². The van der Waals surface area contributed by atoms with E-state index in [-0.39, 0.29) is 11.3 Å². The van der Waals surface area contributed by atoms with Crippen LogP contribution in [0, 0.1) is 22.7 Å². The minimum absolute atomic E-state index is 0.106. The molecule has 3 nitrogen and oxygen atoms in total. The van der Waals surface area contributed by atoms with E-state index in [1.165, 1.54) is 77.2 Å². The number of benzene rings is 4. The molecule has 4 aromatic carbocycles. The first-order chi connectivity index (χ1) is 25.3. The molecule has 0 spiro atoms. The van der Waals surface area contributed by atoms with E-state index >= 15 is 0 Å². The molecule has 10 rings (SSSR count). The van der Waals surface area contributed by atoms with Gasteiger partial charge < -0.3 is 4.40 Å². The van der Waals surface area contributed by atoms with Crippen molar-refractivity contribution >= 4 is 55.8 Å². The van der Waals surface area contributed by atoms with Crippen LogP contribution in [0.25, 0.3) is 66.9 Å². The zero-order valence-corrected chi connectivity index (χ0v) is 30.7. The van der Waals surface area contributed by atoms with Gasteiger partial charge >= 0.3 is 0 Å². The first-order valence-electron chi connectivity index (χ1n) is 19.4. The summed E-state index contributed by atoms with van der Waals surface area (Å²) >= 11 is 0. The van der Waals surface area contributed by atoms with Crippen molar-refractivity contribution in [2.24, 2.45) is 0 Å². The number of fused-ring (bicyclic) bond motifs is 12. The van der Waals surface area contributed by atoms with Gasteiger partial charge in [0.2, 0.25) is 0 Å². The van der Waals surface area contributed by atoms with Gasteiger partial charge in [-0.05, 0) is 143 Å². The van der Waals surface area contributed by atoms with E-state index in [1.807, 2.05) is 0 Å². The van der Waals surface area contributed by atoms with E-state index in [0.29, 0.717) is 5.92 Å². The monoisotopic (exact) mass is 673 g/mol. The lowest BCUT2D eigenvalue weighted by atomic mass is 9.77. The van der Waals surface area contributed by atoms with E-state index in [4.69, 9.17) is 0 Å². The van der Waals surface area contributed by atoms with Crippen LogP contribution in [0.15, 0.2) is 72.3 Å². The summed E-state index contributed by atoms with van der Waals surface area (Å²) in [7, 11) is 0. The predicted octanol–water partition coefficient (Wildman–Crippen LogP) is 13.2. The van der Waals surface area contributed by atoms with Gasteiger partial charge in [-0.15, -0.1) is 0 Å². The predicted molar refractivity (Wildman–Crippen MR) is 217 cm³/mol. The van der Waals surface area contributed by atoms with Gasteiger partial charge in [0.05, 0.1) is 39.8 Å².